The van der Waals surface area contributed by atoms with Crippen LogP contribution in [0.1, 0.15) is 68.7 Å². The SMILES string of the molecule is CCNC(=S)NC(C)(C)CC(C)(C)C(C(C)C)C(C)C. The zero-order valence-electron chi connectivity index (χ0n) is 15.1. The Hall–Kier alpha value is -0.310. The second-order valence-corrected chi connectivity index (χ2v) is 8.46. The second kappa shape index (κ2) is 7.63. The first-order chi connectivity index (χ1) is 8.93. The van der Waals surface area contributed by atoms with E-state index in [1.54, 1.807) is 0 Å². The number of thiocarbonyl (C=S) groups is 1. The van der Waals surface area contributed by atoms with Crippen LogP contribution in [0.3, 0.4) is 0 Å². The lowest BCUT2D eigenvalue weighted by Gasteiger charge is -2.45. The van der Waals surface area contributed by atoms with Gasteiger partial charge in [-0.2, -0.15) is 0 Å². The quantitative estimate of drug-likeness (QED) is 0.672. The van der Waals surface area contributed by atoms with Crippen LogP contribution in [-0.2, 0) is 0 Å². The number of hydrogen-bond acceptors (Lipinski definition) is 1. The molecule has 0 aliphatic rings. The molecule has 0 unspecified atom stereocenters. The van der Waals surface area contributed by atoms with Crippen molar-refractivity contribution in [2.24, 2.45) is 23.2 Å². The highest BCUT2D eigenvalue weighted by molar-refractivity contribution is 7.80. The van der Waals surface area contributed by atoms with Crippen molar-refractivity contribution in [1.82, 2.24) is 10.6 Å². The van der Waals surface area contributed by atoms with Gasteiger partial charge in [0, 0.05) is 12.1 Å². The summed E-state index contributed by atoms with van der Waals surface area (Å²) in [5, 5.41) is 7.41. The van der Waals surface area contributed by atoms with E-state index >= 15 is 0 Å². The molecule has 0 saturated heterocycles. The Labute approximate surface area is 132 Å². The molecule has 0 atom stereocenters. The van der Waals surface area contributed by atoms with E-state index in [-0.39, 0.29) is 11.0 Å². The van der Waals surface area contributed by atoms with Crippen molar-refractivity contribution in [2.45, 2.75) is 74.3 Å². The molecular formula is C17H36N2S. The van der Waals surface area contributed by atoms with E-state index in [1.165, 1.54) is 0 Å². The molecule has 0 amide bonds. The third-order valence-electron chi connectivity index (χ3n) is 4.03. The van der Waals surface area contributed by atoms with Crippen LogP contribution < -0.4 is 10.6 Å². The molecule has 120 valence electrons. The summed E-state index contributed by atoms with van der Waals surface area (Å²) in [6, 6.07) is 0. The Morgan fingerprint density at radius 3 is 1.80 bits per heavy atom. The van der Waals surface area contributed by atoms with Gasteiger partial charge in [0.1, 0.15) is 0 Å². The molecular weight excluding hydrogens is 264 g/mol. The van der Waals surface area contributed by atoms with Crippen LogP contribution >= 0.6 is 12.2 Å². The molecule has 0 aromatic heterocycles. The summed E-state index contributed by atoms with van der Waals surface area (Å²) in [5.74, 6) is 2.10. The fourth-order valence-corrected chi connectivity index (χ4v) is 4.81. The predicted molar refractivity (Wildman–Crippen MR) is 95.1 cm³/mol. The molecule has 0 radical (unpaired) electrons. The smallest absolute Gasteiger partial charge is 0.166 e. The van der Waals surface area contributed by atoms with Crippen LogP contribution in [0.15, 0.2) is 0 Å². The average Bonchev–Trinajstić information content (AvgIpc) is 2.10. The Bertz CT molecular complexity index is 298. The molecule has 0 aliphatic heterocycles. The van der Waals surface area contributed by atoms with E-state index in [2.05, 4.69) is 72.9 Å². The zero-order chi connectivity index (χ0) is 16.1. The van der Waals surface area contributed by atoms with Crippen LogP contribution in [0.4, 0.5) is 0 Å². The third-order valence-corrected chi connectivity index (χ3v) is 4.27. The van der Waals surface area contributed by atoms with Crippen LogP contribution in [0.5, 0.6) is 0 Å². The lowest BCUT2D eigenvalue weighted by molar-refractivity contribution is 0.0723. The van der Waals surface area contributed by atoms with Gasteiger partial charge < -0.3 is 10.6 Å². The van der Waals surface area contributed by atoms with Gasteiger partial charge in [0.15, 0.2) is 5.11 Å². The Balaban J connectivity index is 4.91. The first-order valence-corrected chi connectivity index (χ1v) is 8.39. The molecule has 3 heteroatoms. The molecule has 2 N–H and O–H groups in total. The summed E-state index contributed by atoms with van der Waals surface area (Å²) >= 11 is 5.34. The summed E-state index contributed by atoms with van der Waals surface area (Å²) in [5.41, 5.74) is 0.283. The van der Waals surface area contributed by atoms with E-state index in [9.17, 15) is 0 Å². The summed E-state index contributed by atoms with van der Waals surface area (Å²) in [6.07, 6.45) is 1.10. The lowest BCUT2D eigenvalue weighted by atomic mass is 9.63. The minimum atomic E-state index is 0.00475. The maximum absolute atomic E-state index is 5.34. The zero-order valence-corrected chi connectivity index (χ0v) is 15.9. The van der Waals surface area contributed by atoms with Crippen molar-refractivity contribution in [1.29, 1.82) is 0 Å². The van der Waals surface area contributed by atoms with E-state index in [0.29, 0.717) is 17.8 Å². The molecule has 0 aromatic carbocycles. The van der Waals surface area contributed by atoms with E-state index in [0.717, 1.165) is 18.1 Å². The molecule has 20 heavy (non-hydrogen) atoms. The van der Waals surface area contributed by atoms with Gasteiger partial charge in [-0.25, -0.2) is 0 Å². The lowest BCUT2D eigenvalue weighted by Crippen LogP contribution is -2.51. The third kappa shape index (κ3) is 6.43. The van der Waals surface area contributed by atoms with Gasteiger partial charge >= 0.3 is 0 Å². The Morgan fingerprint density at radius 1 is 1.00 bits per heavy atom. The van der Waals surface area contributed by atoms with Gasteiger partial charge in [0.05, 0.1) is 0 Å². The van der Waals surface area contributed by atoms with Crippen molar-refractivity contribution in [2.75, 3.05) is 6.54 Å². The van der Waals surface area contributed by atoms with Gasteiger partial charge in [0.2, 0.25) is 0 Å². The molecule has 0 heterocycles. The predicted octanol–water partition coefficient (Wildman–Crippen LogP) is 4.59. The fourth-order valence-electron chi connectivity index (χ4n) is 4.39. The van der Waals surface area contributed by atoms with Crippen molar-refractivity contribution >= 4 is 17.3 Å². The highest BCUT2D eigenvalue weighted by Gasteiger charge is 2.38. The monoisotopic (exact) mass is 300 g/mol. The summed E-state index contributed by atoms with van der Waals surface area (Å²) in [7, 11) is 0. The molecule has 0 fully saturated rings. The number of hydrogen-bond donors (Lipinski definition) is 2. The minimum Gasteiger partial charge on any atom is -0.363 e. The molecule has 2 nitrogen and oxygen atoms in total. The maximum Gasteiger partial charge on any atom is 0.166 e. The fraction of sp³-hybridized carbons (Fsp3) is 0.941. The highest BCUT2D eigenvalue weighted by Crippen LogP contribution is 2.43. The van der Waals surface area contributed by atoms with E-state index in [4.69, 9.17) is 12.2 Å². The van der Waals surface area contributed by atoms with Crippen molar-refractivity contribution in [3.63, 3.8) is 0 Å². The first kappa shape index (κ1) is 19.7. The summed E-state index contributed by atoms with van der Waals surface area (Å²) < 4.78 is 0. The van der Waals surface area contributed by atoms with E-state index in [1.807, 2.05) is 0 Å². The standard InChI is InChI=1S/C17H36N2S/c1-10-18-15(20)19-17(8,9)11-16(6,7)14(12(2)3)13(4)5/h12-14H,10-11H2,1-9H3,(H2,18,19,20). The molecule has 0 aromatic rings. The summed E-state index contributed by atoms with van der Waals surface area (Å²) in [4.78, 5) is 0. The first-order valence-electron chi connectivity index (χ1n) is 7.99. The van der Waals surface area contributed by atoms with Crippen LogP contribution in [-0.4, -0.2) is 17.2 Å². The largest absolute Gasteiger partial charge is 0.363 e. The van der Waals surface area contributed by atoms with Gasteiger partial charge in [-0.15, -0.1) is 0 Å². The second-order valence-electron chi connectivity index (χ2n) is 8.05. The van der Waals surface area contributed by atoms with Gasteiger partial charge in [0.25, 0.3) is 0 Å². The molecule has 0 saturated carbocycles. The van der Waals surface area contributed by atoms with Crippen LogP contribution in [0.25, 0.3) is 0 Å². The minimum absolute atomic E-state index is 0.00475. The van der Waals surface area contributed by atoms with Gasteiger partial charge in [-0.1, -0.05) is 41.5 Å². The average molecular weight is 301 g/mol. The van der Waals surface area contributed by atoms with Crippen LogP contribution in [0, 0.1) is 23.2 Å². The van der Waals surface area contributed by atoms with Crippen molar-refractivity contribution < 1.29 is 0 Å². The molecule has 0 bridgehead atoms. The number of nitrogens with one attached hydrogen (secondary N) is 2. The van der Waals surface area contributed by atoms with Crippen LogP contribution in [0.2, 0.25) is 0 Å². The summed E-state index contributed by atoms with van der Waals surface area (Å²) in [6.45, 7) is 21.6. The normalized spacial score (nSPS) is 13.2. The number of rotatable bonds is 7. The van der Waals surface area contributed by atoms with Crippen molar-refractivity contribution in [3.8, 4) is 0 Å². The van der Waals surface area contributed by atoms with Gasteiger partial charge in [-0.3, -0.25) is 0 Å². The highest BCUT2D eigenvalue weighted by atomic mass is 32.1. The van der Waals surface area contributed by atoms with Crippen molar-refractivity contribution in [3.05, 3.63) is 0 Å². The van der Waals surface area contributed by atoms with Gasteiger partial charge in [-0.05, 0) is 62.6 Å². The molecule has 0 aliphatic carbocycles. The molecule has 0 rings (SSSR count). The maximum atomic E-state index is 5.34. The Kier molecular flexibility index (Phi) is 7.51. The Morgan fingerprint density at radius 2 is 1.45 bits per heavy atom. The van der Waals surface area contributed by atoms with E-state index < -0.39 is 0 Å². The molecule has 0 spiro atoms. The topological polar surface area (TPSA) is 24.1 Å².